The lowest BCUT2D eigenvalue weighted by Crippen LogP contribution is -2.44. The number of nitrogens with one attached hydrogen (secondary N) is 1. The smallest absolute Gasteiger partial charge is 0.416 e. The van der Waals surface area contributed by atoms with E-state index in [2.05, 4.69) is 5.32 Å². The molecule has 1 aliphatic rings. The van der Waals surface area contributed by atoms with E-state index in [4.69, 9.17) is 4.74 Å². The van der Waals surface area contributed by atoms with Crippen molar-refractivity contribution in [1.29, 1.82) is 0 Å². The first kappa shape index (κ1) is 24.4. The van der Waals surface area contributed by atoms with Gasteiger partial charge in [0.05, 0.1) is 16.8 Å². The van der Waals surface area contributed by atoms with E-state index in [1.165, 1.54) is 23.1 Å². The number of carbonyl (C=O) groups excluding carboxylic acids is 2. The summed E-state index contributed by atoms with van der Waals surface area (Å²) in [6.45, 7) is 3.91. The molecular weight excluding hydrogens is 454 g/mol. The molecule has 11 heteroatoms. The molecule has 5 nitrogen and oxygen atoms in total. The number of fused-ring (bicyclic) bond motifs is 1. The topological polar surface area (TPSA) is 58.6 Å². The molecule has 0 aromatic heterocycles. The molecule has 1 unspecified atom stereocenters. The average Bonchev–Trinajstić information content (AvgIpc) is 2.73. The highest BCUT2D eigenvalue weighted by Gasteiger charge is 2.37. The molecule has 1 heterocycles. The number of unbranched alkanes of at least 4 members (excludes halogenated alkanes) is 1. The Labute approximate surface area is 185 Å². The van der Waals surface area contributed by atoms with Crippen LogP contribution in [0.5, 0.6) is 5.75 Å². The van der Waals surface area contributed by atoms with Crippen molar-refractivity contribution >= 4 is 23.2 Å². The summed E-state index contributed by atoms with van der Waals surface area (Å²) < 4.78 is 84.0. The second-order valence-electron chi connectivity index (χ2n) is 7.53. The fourth-order valence-corrected chi connectivity index (χ4v) is 3.32. The first-order chi connectivity index (χ1) is 15.3. The van der Waals surface area contributed by atoms with Gasteiger partial charge in [-0.15, -0.1) is 0 Å². The number of nitrogens with zero attached hydrogens (tertiary/aromatic N) is 1. The van der Waals surface area contributed by atoms with Crippen molar-refractivity contribution in [1.82, 2.24) is 0 Å². The number of carbonyl (C=O) groups is 2. The summed E-state index contributed by atoms with van der Waals surface area (Å²) in [6, 6.07) is 4.90. The fourth-order valence-electron chi connectivity index (χ4n) is 3.32. The van der Waals surface area contributed by atoms with Crippen molar-refractivity contribution < 1.29 is 40.7 Å². The Bertz CT molecular complexity index is 1030. The van der Waals surface area contributed by atoms with Gasteiger partial charge in [-0.2, -0.15) is 26.3 Å². The predicted molar refractivity (Wildman–Crippen MR) is 108 cm³/mol. The maximum Gasteiger partial charge on any atom is 0.416 e. The molecule has 33 heavy (non-hydrogen) atoms. The molecule has 3 rings (SSSR count). The van der Waals surface area contributed by atoms with Crippen molar-refractivity contribution in [2.75, 3.05) is 16.8 Å². The molecule has 2 aromatic carbocycles. The van der Waals surface area contributed by atoms with Gasteiger partial charge in [-0.1, -0.05) is 13.3 Å². The van der Waals surface area contributed by atoms with Gasteiger partial charge in [0.15, 0.2) is 6.10 Å². The Balaban J connectivity index is 1.94. The van der Waals surface area contributed by atoms with Gasteiger partial charge < -0.3 is 15.0 Å². The van der Waals surface area contributed by atoms with Gasteiger partial charge in [0.2, 0.25) is 0 Å². The third-order valence-electron chi connectivity index (χ3n) is 5.01. The summed E-state index contributed by atoms with van der Waals surface area (Å²) in [5.41, 5.74) is -3.56. The van der Waals surface area contributed by atoms with E-state index in [1.54, 1.807) is 6.92 Å². The SMILES string of the molecule is CCCCN1C(=O)C(C)Oc2ccc(NC(=O)c3cc(C(F)(F)F)cc(C(F)(F)F)c3)cc21. The van der Waals surface area contributed by atoms with Crippen molar-refractivity contribution in [3.8, 4) is 5.75 Å². The quantitative estimate of drug-likeness (QED) is 0.550. The number of ether oxygens (including phenoxy) is 1. The minimum atomic E-state index is -5.07. The van der Waals surface area contributed by atoms with Crippen LogP contribution in [-0.4, -0.2) is 24.5 Å². The van der Waals surface area contributed by atoms with Crippen LogP contribution < -0.4 is 15.0 Å². The zero-order valence-corrected chi connectivity index (χ0v) is 17.6. The molecule has 1 atom stereocenters. The standard InChI is InChI=1S/C22H20F6N2O3/c1-3-4-7-30-17-11-16(5-6-18(17)33-12(2)20(30)32)29-19(31)13-8-14(21(23,24)25)10-15(9-13)22(26,27)28/h5-6,8-12H,3-4,7H2,1-2H3,(H,29,31). The molecule has 0 spiro atoms. The van der Waals surface area contributed by atoms with Crippen molar-refractivity contribution in [3.05, 3.63) is 53.1 Å². The van der Waals surface area contributed by atoms with Crippen LogP contribution in [0.25, 0.3) is 0 Å². The van der Waals surface area contributed by atoms with Crippen LogP contribution in [0.1, 0.15) is 48.2 Å². The normalized spacial score (nSPS) is 16.3. The van der Waals surface area contributed by atoms with Gasteiger partial charge in [-0.3, -0.25) is 9.59 Å². The molecule has 0 fully saturated rings. The Hall–Kier alpha value is -3.24. The van der Waals surface area contributed by atoms with Crippen LogP contribution in [0.3, 0.4) is 0 Å². The number of rotatable bonds is 5. The van der Waals surface area contributed by atoms with Gasteiger partial charge in [-0.25, -0.2) is 0 Å². The van der Waals surface area contributed by atoms with Gasteiger partial charge in [-0.05, 0) is 49.7 Å². The Morgan fingerprint density at radius 1 is 1.03 bits per heavy atom. The second-order valence-corrected chi connectivity index (χ2v) is 7.53. The van der Waals surface area contributed by atoms with Gasteiger partial charge >= 0.3 is 12.4 Å². The van der Waals surface area contributed by atoms with E-state index in [-0.39, 0.29) is 17.7 Å². The number of amides is 2. The minimum Gasteiger partial charge on any atom is -0.479 e. The van der Waals surface area contributed by atoms with Crippen LogP contribution in [0, 0.1) is 0 Å². The molecule has 0 bridgehead atoms. The molecule has 2 aromatic rings. The Morgan fingerprint density at radius 3 is 2.18 bits per heavy atom. The lowest BCUT2D eigenvalue weighted by molar-refractivity contribution is -0.143. The third kappa shape index (κ3) is 5.40. The monoisotopic (exact) mass is 474 g/mol. The predicted octanol–water partition coefficient (Wildman–Crippen LogP) is 5.89. The van der Waals surface area contributed by atoms with Gasteiger partial charge in [0.1, 0.15) is 5.75 Å². The Morgan fingerprint density at radius 2 is 1.64 bits per heavy atom. The van der Waals surface area contributed by atoms with Crippen LogP contribution in [0.2, 0.25) is 0 Å². The minimum absolute atomic E-state index is 0.0502. The van der Waals surface area contributed by atoms with Gasteiger partial charge in [0.25, 0.3) is 11.8 Å². The number of hydrogen-bond acceptors (Lipinski definition) is 3. The summed E-state index contributed by atoms with van der Waals surface area (Å²) in [5, 5.41) is 2.30. The van der Waals surface area contributed by atoms with Crippen LogP contribution >= 0.6 is 0 Å². The second kappa shape index (κ2) is 8.95. The van der Waals surface area contributed by atoms with E-state index in [9.17, 15) is 35.9 Å². The van der Waals surface area contributed by atoms with Crippen LogP contribution in [-0.2, 0) is 17.1 Å². The molecule has 0 saturated heterocycles. The molecule has 2 amide bonds. The Kier molecular flexibility index (Phi) is 6.62. The first-order valence-corrected chi connectivity index (χ1v) is 10.0. The molecule has 1 N–H and O–H groups in total. The van der Waals surface area contributed by atoms with Crippen LogP contribution in [0.15, 0.2) is 36.4 Å². The molecule has 0 saturated carbocycles. The van der Waals surface area contributed by atoms with E-state index < -0.39 is 41.1 Å². The van der Waals surface area contributed by atoms with E-state index in [0.29, 0.717) is 36.5 Å². The lowest BCUT2D eigenvalue weighted by atomic mass is 10.0. The molecule has 1 aliphatic heterocycles. The van der Waals surface area contributed by atoms with Crippen molar-refractivity contribution in [3.63, 3.8) is 0 Å². The maximum absolute atomic E-state index is 13.1. The van der Waals surface area contributed by atoms with Crippen LogP contribution in [0.4, 0.5) is 37.7 Å². The summed E-state index contributed by atoms with van der Waals surface area (Å²) in [7, 11) is 0. The average molecular weight is 474 g/mol. The van der Waals surface area contributed by atoms with Gasteiger partial charge in [0, 0.05) is 17.8 Å². The summed E-state index contributed by atoms with van der Waals surface area (Å²) in [5.74, 6) is -1.09. The van der Waals surface area contributed by atoms with Crippen molar-refractivity contribution in [2.24, 2.45) is 0 Å². The number of hydrogen-bond donors (Lipinski definition) is 1. The van der Waals surface area contributed by atoms with Crippen molar-refractivity contribution in [2.45, 2.75) is 45.1 Å². The van der Waals surface area contributed by atoms with E-state index >= 15 is 0 Å². The largest absolute Gasteiger partial charge is 0.479 e. The summed E-state index contributed by atoms with van der Waals surface area (Å²) >= 11 is 0. The maximum atomic E-state index is 13.1. The highest BCUT2D eigenvalue weighted by molar-refractivity contribution is 6.06. The number of anilines is 2. The zero-order valence-electron chi connectivity index (χ0n) is 17.6. The highest BCUT2D eigenvalue weighted by Crippen LogP contribution is 2.38. The molecule has 0 radical (unpaired) electrons. The number of benzene rings is 2. The highest BCUT2D eigenvalue weighted by atomic mass is 19.4. The summed E-state index contributed by atoms with van der Waals surface area (Å²) in [6.07, 6.45) is -9.37. The molecular formula is C22H20F6N2O3. The zero-order chi connectivity index (χ0) is 24.6. The first-order valence-electron chi connectivity index (χ1n) is 10.0. The van der Waals surface area contributed by atoms with E-state index in [1.807, 2.05) is 6.92 Å². The third-order valence-corrected chi connectivity index (χ3v) is 5.01. The number of halogens is 6. The molecule has 0 aliphatic carbocycles. The number of alkyl halides is 6. The lowest BCUT2D eigenvalue weighted by Gasteiger charge is -2.33. The molecule has 178 valence electrons. The summed E-state index contributed by atoms with van der Waals surface area (Å²) in [4.78, 5) is 26.5. The fraction of sp³-hybridized carbons (Fsp3) is 0.364. The van der Waals surface area contributed by atoms with E-state index in [0.717, 1.165) is 6.42 Å².